The minimum Gasteiger partial charge on any atom is -0.478 e. The number of benzene rings is 1. The van der Waals surface area contributed by atoms with Crippen LogP contribution >= 0.6 is 11.3 Å². The number of aromatic nitrogens is 1. The molecule has 1 aromatic carbocycles. The van der Waals surface area contributed by atoms with E-state index >= 15 is 0 Å². The van der Waals surface area contributed by atoms with Gasteiger partial charge in [-0.2, -0.15) is 0 Å². The number of aryl methyl sites for hydroxylation is 1. The Morgan fingerprint density at radius 2 is 2.14 bits per heavy atom. The standard InChI is InChI=1S/C15H15FN2O3S/c1-9-8-17-13(22-9)5-6-18(2)14(19)11-4-3-10(15(20)21)7-12(11)16/h3-4,7-8H,5-6H2,1-2H3,(H,20,21). The normalized spacial score (nSPS) is 10.5. The van der Waals surface area contributed by atoms with E-state index in [-0.39, 0.29) is 11.1 Å². The molecule has 0 aliphatic carbocycles. The molecule has 0 fully saturated rings. The van der Waals surface area contributed by atoms with Crippen LogP contribution in [-0.4, -0.2) is 40.5 Å². The maximum Gasteiger partial charge on any atom is 0.335 e. The zero-order valence-electron chi connectivity index (χ0n) is 12.2. The van der Waals surface area contributed by atoms with Crippen LogP contribution in [0.4, 0.5) is 4.39 Å². The Labute approximate surface area is 131 Å². The molecule has 0 radical (unpaired) electrons. The Hall–Kier alpha value is -2.28. The Kier molecular flexibility index (Phi) is 4.87. The number of nitrogens with zero attached hydrogens (tertiary/aromatic N) is 2. The molecule has 0 bridgehead atoms. The van der Waals surface area contributed by atoms with E-state index in [4.69, 9.17) is 5.11 Å². The smallest absolute Gasteiger partial charge is 0.335 e. The number of carboxylic acid groups (broad SMARTS) is 1. The van der Waals surface area contributed by atoms with E-state index in [9.17, 15) is 14.0 Å². The summed E-state index contributed by atoms with van der Waals surface area (Å²) in [5.41, 5.74) is -0.321. The van der Waals surface area contributed by atoms with E-state index in [0.29, 0.717) is 13.0 Å². The number of hydrogen-bond acceptors (Lipinski definition) is 4. The SMILES string of the molecule is Cc1cnc(CCN(C)C(=O)c2ccc(C(=O)O)cc2F)s1. The molecule has 0 saturated heterocycles. The van der Waals surface area contributed by atoms with Crippen LogP contribution in [0, 0.1) is 12.7 Å². The fourth-order valence-corrected chi connectivity index (χ4v) is 2.68. The molecule has 1 amide bonds. The topological polar surface area (TPSA) is 70.5 Å². The third kappa shape index (κ3) is 3.67. The van der Waals surface area contributed by atoms with Crippen molar-refractivity contribution in [2.75, 3.05) is 13.6 Å². The first-order valence-electron chi connectivity index (χ1n) is 6.58. The van der Waals surface area contributed by atoms with Gasteiger partial charge in [0, 0.05) is 31.1 Å². The van der Waals surface area contributed by atoms with Gasteiger partial charge in [0.25, 0.3) is 5.91 Å². The van der Waals surface area contributed by atoms with E-state index in [1.54, 1.807) is 24.6 Å². The number of rotatable bonds is 5. The van der Waals surface area contributed by atoms with Gasteiger partial charge < -0.3 is 10.0 Å². The molecule has 5 nitrogen and oxygen atoms in total. The number of thiazole rings is 1. The average Bonchev–Trinajstić information content (AvgIpc) is 2.89. The first-order valence-corrected chi connectivity index (χ1v) is 7.39. The third-order valence-electron chi connectivity index (χ3n) is 3.12. The van der Waals surface area contributed by atoms with Crippen molar-refractivity contribution in [3.8, 4) is 0 Å². The molecule has 0 aliphatic heterocycles. The van der Waals surface area contributed by atoms with Gasteiger partial charge in [0.05, 0.1) is 16.1 Å². The summed E-state index contributed by atoms with van der Waals surface area (Å²) in [4.78, 5) is 29.7. The van der Waals surface area contributed by atoms with Crippen LogP contribution in [0.1, 0.15) is 30.6 Å². The van der Waals surface area contributed by atoms with Gasteiger partial charge in [-0.3, -0.25) is 4.79 Å². The van der Waals surface area contributed by atoms with Gasteiger partial charge >= 0.3 is 5.97 Å². The van der Waals surface area contributed by atoms with Crippen LogP contribution in [0.25, 0.3) is 0 Å². The van der Waals surface area contributed by atoms with Crippen LogP contribution in [0.15, 0.2) is 24.4 Å². The van der Waals surface area contributed by atoms with E-state index < -0.39 is 17.7 Å². The summed E-state index contributed by atoms with van der Waals surface area (Å²) in [5.74, 6) is -2.55. The van der Waals surface area contributed by atoms with E-state index in [1.807, 2.05) is 6.92 Å². The molecule has 1 heterocycles. The summed E-state index contributed by atoms with van der Waals surface area (Å²) in [5, 5.41) is 9.71. The summed E-state index contributed by atoms with van der Waals surface area (Å²) >= 11 is 1.56. The number of carbonyl (C=O) groups is 2. The lowest BCUT2D eigenvalue weighted by Crippen LogP contribution is -2.29. The van der Waals surface area contributed by atoms with Crippen LogP contribution < -0.4 is 0 Å². The molecule has 0 spiro atoms. The molecule has 0 unspecified atom stereocenters. The predicted octanol–water partition coefficient (Wildman–Crippen LogP) is 2.60. The first kappa shape index (κ1) is 16.1. The Balaban J connectivity index is 2.05. The second kappa shape index (κ2) is 6.65. The molecule has 22 heavy (non-hydrogen) atoms. The molecule has 1 N–H and O–H groups in total. The highest BCUT2D eigenvalue weighted by atomic mass is 32.1. The highest BCUT2D eigenvalue weighted by Gasteiger charge is 2.18. The van der Waals surface area contributed by atoms with Crippen LogP contribution in [0.5, 0.6) is 0 Å². The minimum absolute atomic E-state index is 0.136. The lowest BCUT2D eigenvalue weighted by Gasteiger charge is -2.17. The Morgan fingerprint density at radius 3 is 2.68 bits per heavy atom. The predicted molar refractivity (Wildman–Crippen MR) is 80.9 cm³/mol. The average molecular weight is 322 g/mol. The maximum atomic E-state index is 13.9. The quantitative estimate of drug-likeness (QED) is 0.918. The van der Waals surface area contributed by atoms with Crippen LogP contribution in [-0.2, 0) is 6.42 Å². The van der Waals surface area contributed by atoms with Crippen molar-refractivity contribution in [1.29, 1.82) is 0 Å². The van der Waals surface area contributed by atoms with E-state index in [2.05, 4.69) is 4.98 Å². The van der Waals surface area contributed by atoms with Crippen molar-refractivity contribution in [3.63, 3.8) is 0 Å². The zero-order chi connectivity index (χ0) is 16.3. The summed E-state index contributed by atoms with van der Waals surface area (Å²) in [7, 11) is 1.58. The van der Waals surface area contributed by atoms with E-state index in [0.717, 1.165) is 16.0 Å². The Bertz CT molecular complexity index is 715. The molecule has 7 heteroatoms. The molecular weight excluding hydrogens is 307 g/mol. The monoisotopic (exact) mass is 322 g/mol. The fourth-order valence-electron chi connectivity index (χ4n) is 1.91. The second-order valence-corrected chi connectivity index (χ2v) is 6.16. The minimum atomic E-state index is -1.23. The number of hydrogen-bond donors (Lipinski definition) is 1. The number of carboxylic acids is 1. The van der Waals surface area contributed by atoms with Crippen LogP contribution in [0.2, 0.25) is 0 Å². The van der Waals surface area contributed by atoms with Gasteiger partial charge in [0.15, 0.2) is 0 Å². The number of carbonyl (C=O) groups excluding carboxylic acids is 1. The zero-order valence-corrected chi connectivity index (χ0v) is 13.0. The highest BCUT2D eigenvalue weighted by molar-refractivity contribution is 7.11. The van der Waals surface area contributed by atoms with Crippen molar-refractivity contribution < 1.29 is 19.1 Å². The van der Waals surface area contributed by atoms with Crippen molar-refractivity contribution in [3.05, 3.63) is 51.2 Å². The fraction of sp³-hybridized carbons (Fsp3) is 0.267. The molecule has 0 saturated carbocycles. The molecular formula is C15H15FN2O3S. The number of halogens is 1. The summed E-state index contributed by atoms with van der Waals surface area (Å²) < 4.78 is 13.9. The van der Waals surface area contributed by atoms with Gasteiger partial charge in [-0.05, 0) is 25.1 Å². The van der Waals surface area contributed by atoms with Crippen molar-refractivity contribution in [2.24, 2.45) is 0 Å². The van der Waals surface area contributed by atoms with Gasteiger partial charge in [-0.15, -0.1) is 11.3 Å². The lowest BCUT2D eigenvalue weighted by molar-refractivity contribution is 0.0694. The molecule has 1 aromatic heterocycles. The van der Waals surface area contributed by atoms with Crippen molar-refractivity contribution >= 4 is 23.2 Å². The maximum absolute atomic E-state index is 13.9. The third-order valence-corrected chi connectivity index (χ3v) is 4.10. The molecule has 2 aromatic rings. The highest BCUT2D eigenvalue weighted by Crippen LogP contribution is 2.15. The number of amides is 1. The molecule has 116 valence electrons. The molecule has 2 rings (SSSR count). The summed E-state index contributed by atoms with van der Waals surface area (Å²) in [6.45, 7) is 2.36. The van der Waals surface area contributed by atoms with Crippen molar-refractivity contribution in [2.45, 2.75) is 13.3 Å². The first-order chi connectivity index (χ1) is 10.4. The van der Waals surface area contributed by atoms with Gasteiger partial charge in [0.2, 0.25) is 0 Å². The van der Waals surface area contributed by atoms with Crippen LogP contribution in [0.3, 0.4) is 0 Å². The van der Waals surface area contributed by atoms with Crippen molar-refractivity contribution in [1.82, 2.24) is 9.88 Å². The number of aromatic carboxylic acids is 1. The summed E-state index contributed by atoms with van der Waals surface area (Å²) in [6.07, 6.45) is 2.36. The molecule has 0 atom stereocenters. The van der Waals surface area contributed by atoms with Gasteiger partial charge in [-0.25, -0.2) is 14.2 Å². The lowest BCUT2D eigenvalue weighted by atomic mass is 10.1. The van der Waals surface area contributed by atoms with Gasteiger partial charge in [0.1, 0.15) is 5.82 Å². The Morgan fingerprint density at radius 1 is 1.41 bits per heavy atom. The molecule has 0 aliphatic rings. The largest absolute Gasteiger partial charge is 0.478 e. The van der Waals surface area contributed by atoms with Gasteiger partial charge in [-0.1, -0.05) is 0 Å². The summed E-state index contributed by atoms with van der Waals surface area (Å²) in [6, 6.07) is 3.27. The number of likely N-dealkylation sites (N-methyl/N-ethyl adjacent to an activating group) is 1. The second-order valence-electron chi connectivity index (χ2n) is 4.84. The van der Waals surface area contributed by atoms with E-state index in [1.165, 1.54) is 17.0 Å².